The lowest BCUT2D eigenvalue weighted by Gasteiger charge is -2.22. The van der Waals surface area contributed by atoms with E-state index in [1.807, 2.05) is 30.3 Å². The fourth-order valence-corrected chi connectivity index (χ4v) is 3.28. The Morgan fingerprint density at radius 3 is 2.00 bits per heavy atom. The van der Waals surface area contributed by atoms with Gasteiger partial charge in [-0.1, -0.05) is 24.3 Å². The fourth-order valence-electron chi connectivity index (χ4n) is 3.28. The maximum absolute atomic E-state index is 9.03. The fraction of sp³-hybridized carbons (Fsp3) is 0.333. The Hall–Kier alpha value is -2.66. The second kappa shape index (κ2) is 8.44. The van der Waals surface area contributed by atoms with Crippen LogP contribution in [0.25, 0.3) is 0 Å². The standard InChI is InChI=1S/C21H22N4/c22-14-18-5-7-19(8-6-18)16-24-9-2-10-25(12-11-24)17-21-4-1-3-20(13-21)15-23/h1,3-8,13H,2,9-12,16-17H2. The van der Waals surface area contributed by atoms with Crippen molar-refractivity contribution in [2.24, 2.45) is 0 Å². The summed E-state index contributed by atoms with van der Waals surface area (Å²) < 4.78 is 0. The summed E-state index contributed by atoms with van der Waals surface area (Å²) in [7, 11) is 0. The first kappa shape index (κ1) is 17.2. The molecule has 1 heterocycles. The number of benzene rings is 2. The molecule has 2 aromatic rings. The number of nitriles is 2. The summed E-state index contributed by atoms with van der Waals surface area (Å²) in [5.74, 6) is 0. The van der Waals surface area contributed by atoms with Gasteiger partial charge in [-0.05, 0) is 54.9 Å². The van der Waals surface area contributed by atoms with Crippen LogP contribution in [0.4, 0.5) is 0 Å². The third kappa shape index (κ3) is 4.90. The summed E-state index contributed by atoms with van der Waals surface area (Å²) in [5, 5.41) is 17.9. The first-order valence-corrected chi connectivity index (χ1v) is 8.69. The second-order valence-corrected chi connectivity index (χ2v) is 6.53. The van der Waals surface area contributed by atoms with E-state index >= 15 is 0 Å². The molecular formula is C21H22N4. The van der Waals surface area contributed by atoms with E-state index in [4.69, 9.17) is 10.5 Å². The normalized spacial score (nSPS) is 15.9. The molecule has 2 aromatic carbocycles. The molecule has 0 aliphatic carbocycles. The molecule has 1 aliphatic rings. The first-order valence-electron chi connectivity index (χ1n) is 8.69. The molecule has 1 fully saturated rings. The Morgan fingerprint density at radius 2 is 1.36 bits per heavy atom. The van der Waals surface area contributed by atoms with Gasteiger partial charge in [0.1, 0.15) is 0 Å². The maximum atomic E-state index is 9.03. The minimum absolute atomic E-state index is 0.713. The topological polar surface area (TPSA) is 54.1 Å². The summed E-state index contributed by atoms with van der Waals surface area (Å²) in [4.78, 5) is 4.95. The largest absolute Gasteiger partial charge is 0.298 e. The molecule has 0 bridgehead atoms. The lowest BCUT2D eigenvalue weighted by molar-refractivity contribution is 0.247. The zero-order chi connectivity index (χ0) is 17.5. The van der Waals surface area contributed by atoms with E-state index < -0.39 is 0 Å². The minimum atomic E-state index is 0.713. The highest BCUT2D eigenvalue weighted by Gasteiger charge is 2.15. The van der Waals surface area contributed by atoms with Crippen molar-refractivity contribution < 1.29 is 0 Å². The van der Waals surface area contributed by atoms with Gasteiger partial charge in [0.15, 0.2) is 0 Å². The van der Waals surface area contributed by atoms with E-state index in [2.05, 4.69) is 40.1 Å². The van der Waals surface area contributed by atoms with Gasteiger partial charge in [-0.2, -0.15) is 10.5 Å². The van der Waals surface area contributed by atoms with Crippen molar-refractivity contribution in [2.75, 3.05) is 26.2 Å². The van der Waals surface area contributed by atoms with Crippen LogP contribution in [-0.2, 0) is 13.1 Å². The molecule has 1 aliphatic heterocycles. The highest BCUT2D eigenvalue weighted by molar-refractivity contribution is 5.33. The van der Waals surface area contributed by atoms with Crippen LogP contribution in [0.15, 0.2) is 48.5 Å². The van der Waals surface area contributed by atoms with Crippen LogP contribution in [0, 0.1) is 22.7 Å². The Labute approximate surface area is 149 Å². The van der Waals surface area contributed by atoms with E-state index in [0.717, 1.165) is 51.3 Å². The second-order valence-electron chi connectivity index (χ2n) is 6.53. The molecule has 4 nitrogen and oxygen atoms in total. The van der Waals surface area contributed by atoms with E-state index in [1.165, 1.54) is 11.1 Å². The third-order valence-electron chi connectivity index (χ3n) is 4.63. The van der Waals surface area contributed by atoms with Gasteiger partial charge in [0.25, 0.3) is 0 Å². The molecule has 126 valence electrons. The van der Waals surface area contributed by atoms with Gasteiger partial charge in [-0.3, -0.25) is 9.80 Å². The molecule has 0 unspecified atom stereocenters. The molecule has 0 atom stereocenters. The molecule has 3 rings (SSSR count). The van der Waals surface area contributed by atoms with E-state index in [-0.39, 0.29) is 0 Å². The summed E-state index contributed by atoms with van der Waals surface area (Å²) in [6.45, 7) is 6.09. The van der Waals surface area contributed by atoms with Gasteiger partial charge < -0.3 is 0 Å². The summed E-state index contributed by atoms with van der Waals surface area (Å²) in [6.07, 6.45) is 1.15. The van der Waals surface area contributed by atoms with Gasteiger partial charge in [0.2, 0.25) is 0 Å². The van der Waals surface area contributed by atoms with Gasteiger partial charge in [0, 0.05) is 26.2 Å². The number of rotatable bonds is 4. The molecule has 0 radical (unpaired) electrons. The Balaban J connectivity index is 1.54. The monoisotopic (exact) mass is 330 g/mol. The molecule has 0 amide bonds. The van der Waals surface area contributed by atoms with Crippen molar-refractivity contribution in [1.29, 1.82) is 10.5 Å². The van der Waals surface area contributed by atoms with Crippen LogP contribution < -0.4 is 0 Å². The van der Waals surface area contributed by atoms with Crippen LogP contribution in [0.5, 0.6) is 0 Å². The van der Waals surface area contributed by atoms with Crippen LogP contribution in [-0.4, -0.2) is 36.0 Å². The molecule has 0 spiro atoms. The van der Waals surface area contributed by atoms with Gasteiger partial charge in [-0.25, -0.2) is 0 Å². The first-order chi connectivity index (χ1) is 12.3. The molecule has 4 heteroatoms. The molecule has 1 saturated heterocycles. The van der Waals surface area contributed by atoms with Gasteiger partial charge in [0.05, 0.1) is 23.3 Å². The van der Waals surface area contributed by atoms with Crippen molar-refractivity contribution in [2.45, 2.75) is 19.5 Å². The van der Waals surface area contributed by atoms with Crippen LogP contribution in [0.1, 0.15) is 28.7 Å². The minimum Gasteiger partial charge on any atom is -0.298 e. The molecule has 25 heavy (non-hydrogen) atoms. The van der Waals surface area contributed by atoms with Crippen molar-refractivity contribution in [3.8, 4) is 12.1 Å². The maximum Gasteiger partial charge on any atom is 0.0991 e. The Morgan fingerprint density at radius 1 is 0.720 bits per heavy atom. The van der Waals surface area contributed by atoms with E-state index in [0.29, 0.717) is 5.56 Å². The van der Waals surface area contributed by atoms with E-state index in [1.54, 1.807) is 0 Å². The van der Waals surface area contributed by atoms with Crippen LogP contribution in [0.2, 0.25) is 0 Å². The van der Waals surface area contributed by atoms with E-state index in [9.17, 15) is 0 Å². The SMILES string of the molecule is N#Cc1ccc(CN2CCCN(Cc3cccc(C#N)c3)CC2)cc1. The summed E-state index contributed by atoms with van der Waals surface area (Å²) in [5.41, 5.74) is 3.91. The van der Waals surface area contributed by atoms with Gasteiger partial charge in [-0.15, -0.1) is 0 Å². The van der Waals surface area contributed by atoms with Crippen LogP contribution >= 0.6 is 0 Å². The predicted octanol–water partition coefficient (Wildman–Crippen LogP) is 3.14. The van der Waals surface area contributed by atoms with Crippen molar-refractivity contribution in [3.05, 3.63) is 70.8 Å². The summed E-state index contributed by atoms with van der Waals surface area (Å²) >= 11 is 0. The lowest BCUT2D eigenvalue weighted by atomic mass is 10.1. The molecule has 0 saturated carbocycles. The highest BCUT2D eigenvalue weighted by Crippen LogP contribution is 2.13. The average molecular weight is 330 g/mol. The zero-order valence-corrected chi connectivity index (χ0v) is 14.4. The Bertz CT molecular complexity index is 783. The number of hydrogen-bond donors (Lipinski definition) is 0. The third-order valence-corrected chi connectivity index (χ3v) is 4.63. The molecule has 0 N–H and O–H groups in total. The molecular weight excluding hydrogens is 308 g/mol. The predicted molar refractivity (Wildman–Crippen MR) is 97.5 cm³/mol. The number of hydrogen-bond acceptors (Lipinski definition) is 4. The number of nitrogens with zero attached hydrogens (tertiary/aromatic N) is 4. The van der Waals surface area contributed by atoms with Crippen LogP contribution in [0.3, 0.4) is 0 Å². The summed E-state index contributed by atoms with van der Waals surface area (Å²) in [6, 6.07) is 20.2. The zero-order valence-electron chi connectivity index (χ0n) is 14.4. The quantitative estimate of drug-likeness (QED) is 0.864. The van der Waals surface area contributed by atoms with Crippen molar-refractivity contribution in [3.63, 3.8) is 0 Å². The lowest BCUT2D eigenvalue weighted by Crippen LogP contribution is -2.30. The smallest absolute Gasteiger partial charge is 0.0991 e. The highest BCUT2D eigenvalue weighted by atomic mass is 15.2. The molecule has 0 aromatic heterocycles. The van der Waals surface area contributed by atoms with Crippen molar-refractivity contribution in [1.82, 2.24) is 9.80 Å². The van der Waals surface area contributed by atoms with Crippen molar-refractivity contribution >= 4 is 0 Å². The average Bonchev–Trinajstić information content (AvgIpc) is 2.88. The van der Waals surface area contributed by atoms with Gasteiger partial charge >= 0.3 is 0 Å². The Kier molecular flexibility index (Phi) is 5.80.